The van der Waals surface area contributed by atoms with Crippen molar-refractivity contribution in [3.05, 3.63) is 94.0 Å². The lowest BCUT2D eigenvalue weighted by molar-refractivity contribution is -0.139. The minimum atomic E-state index is -1.03. The molecule has 0 heterocycles. The minimum absolute atomic E-state index is 0.0162. The zero-order valence-electron chi connectivity index (χ0n) is 22.9. The van der Waals surface area contributed by atoms with Crippen LogP contribution in [0.2, 0.25) is 5.02 Å². The van der Waals surface area contributed by atoms with E-state index in [1.165, 1.54) is 0 Å². The Hall–Kier alpha value is -2.80. The highest BCUT2D eigenvalue weighted by atomic mass is 35.5. The number of carboxylic acid groups (broad SMARTS) is 1. The van der Waals surface area contributed by atoms with Crippen molar-refractivity contribution in [3.8, 4) is 11.1 Å². The summed E-state index contributed by atoms with van der Waals surface area (Å²) < 4.78 is 6.41. The van der Waals surface area contributed by atoms with Crippen LogP contribution in [-0.4, -0.2) is 41.1 Å². The van der Waals surface area contributed by atoms with Gasteiger partial charge in [-0.25, -0.2) is 4.79 Å². The third-order valence-corrected chi connectivity index (χ3v) is 7.76. The molecule has 7 heteroatoms. The number of thioether (sulfide) groups is 1. The smallest absolute Gasteiger partial charge is 0.326 e. The van der Waals surface area contributed by atoms with Gasteiger partial charge in [-0.1, -0.05) is 79.9 Å². The summed E-state index contributed by atoms with van der Waals surface area (Å²) in [5.74, 6) is -0.781. The van der Waals surface area contributed by atoms with Gasteiger partial charge in [0.25, 0.3) is 5.91 Å². The number of rotatable bonds is 15. The summed E-state index contributed by atoms with van der Waals surface area (Å²) in [5, 5.41) is 13.1. The molecule has 0 aliphatic carbocycles. The number of nitrogens with one attached hydrogen (secondary N) is 1. The number of carbonyl (C=O) groups excluding carboxylic acids is 1. The van der Waals surface area contributed by atoms with Crippen LogP contribution in [0.1, 0.15) is 59.7 Å². The predicted molar refractivity (Wildman–Crippen MR) is 162 cm³/mol. The van der Waals surface area contributed by atoms with E-state index in [1.807, 2.05) is 73.8 Å². The Morgan fingerprint density at radius 1 is 1.03 bits per heavy atom. The first-order chi connectivity index (χ1) is 18.8. The summed E-state index contributed by atoms with van der Waals surface area (Å²) in [4.78, 5) is 25.1. The van der Waals surface area contributed by atoms with Crippen molar-refractivity contribution in [2.45, 2.75) is 64.7 Å². The Kier molecular flexibility index (Phi) is 12.4. The zero-order valence-corrected chi connectivity index (χ0v) is 24.5. The van der Waals surface area contributed by atoms with Crippen molar-refractivity contribution < 1.29 is 19.4 Å². The number of ether oxygens (including phenoxy) is 1. The van der Waals surface area contributed by atoms with E-state index in [9.17, 15) is 14.7 Å². The number of amides is 1. The van der Waals surface area contributed by atoms with Crippen LogP contribution < -0.4 is 5.32 Å². The fourth-order valence-electron chi connectivity index (χ4n) is 4.51. The molecule has 39 heavy (non-hydrogen) atoms. The molecule has 1 unspecified atom stereocenters. The summed E-state index contributed by atoms with van der Waals surface area (Å²) in [5.41, 5.74) is 5.18. The lowest BCUT2D eigenvalue weighted by Gasteiger charge is -2.20. The second-order valence-corrected chi connectivity index (χ2v) is 11.1. The molecule has 5 nitrogen and oxygen atoms in total. The van der Waals surface area contributed by atoms with E-state index < -0.39 is 17.9 Å². The molecule has 0 saturated carbocycles. The number of carbonyl (C=O) groups is 2. The van der Waals surface area contributed by atoms with Gasteiger partial charge in [0.05, 0.1) is 12.7 Å². The van der Waals surface area contributed by atoms with Crippen LogP contribution >= 0.6 is 23.4 Å². The molecule has 0 aromatic heterocycles. The fourth-order valence-corrected chi connectivity index (χ4v) is 5.19. The molecule has 0 fully saturated rings. The fraction of sp³-hybridized carbons (Fsp3) is 0.375. The van der Waals surface area contributed by atoms with E-state index in [2.05, 4.69) is 12.2 Å². The molecule has 2 atom stereocenters. The van der Waals surface area contributed by atoms with Gasteiger partial charge in [0.15, 0.2) is 0 Å². The van der Waals surface area contributed by atoms with Crippen molar-refractivity contribution in [2.24, 2.45) is 0 Å². The van der Waals surface area contributed by atoms with Gasteiger partial charge >= 0.3 is 5.97 Å². The number of carboxylic acids is 1. The van der Waals surface area contributed by atoms with Gasteiger partial charge in [0.2, 0.25) is 0 Å². The number of halogens is 1. The highest BCUT2D eigenvalue weighted by Crippen LogP contribution is 2.29. The average molecular weight is 568 g/mol. The number of unbranched alkanes of at least 4 members (excludes halogenated alkanes) is 1. The number of aliphatic carboxylic acids is 1. The van der Waals surface area contributed by atoms with Gasteiger partial charge in [0, 0.05) is 17.0 Å². The molecule has 0 aliphatic heterocycles. The maximum Gasteiger partial charge on any atom is 0.326 e. The number of hydrogen-bond acceptors (Lipinski definition) is 4. The highest BCUT2D eigenvalue weighted by molar-refractivity contribution is 7.98. The van der Waals surface area contributed by atoms with E-state index >= 15 is 0 Å². The third kappa shape index (κ3) is 9.13. The van der Waals surface area contributed by atoms with Gasteiger partial charge in [-0.15, -0.1) is 0 Å². The standard InChI is InChI=1S/C32H38ClNO4S/c1-4-5-12-25(20-24-11-7-9-14-29(24)33)38-21-23-15-16-27(28(19-23)26-13-8-6-10-22(26)2)31(35)34-30(32(36)37)17-18-39-3/h6-11,13-16,19,25,30H,4-5,12,17-18,20-21H2,1-3H3,(H,34,35)(H,36,37)/t25?,30-/m0/s1. The zero-order chi connectivity index (χ0) is 28.2. The number of benzene rings is 3. The molecule has 208 valence electrons. The molecule has 0 saturated heterocycles. The molecule has 1 amide bonds. The van der Waals surface area contributed by atoms with E-state index in [1.54, 1.807) is 17.8 Å². The largest absolute Gasteiger partial charge is 0.480 e. The van der Waals surface area contributed by atoms with Crippen molar-refractivity contribution in [1.29, 1.82) is 0 Å². The van der Waals surface area contributed by atoms with Crippen LogP contribution in [0.3, 0.4) is 0 Å². The molecular formula is C32H38ClNO4S. The van der Waals surface area contributed by atoms with E-state index in [4.69, 9.17) is 16.3 Å². The van der Waals surface area contributed by atoms with Gasteiger partial charge in [-0.05, 0) is 77.8 Å². The lowest BCUT2D eigenvalue weighted by Crippen LogP contribution is -2.41. The minimum Gasteiger partial charge on any atom is -0.480 e. The molecule has 3 aromatic carbocycles. The molecule has 0 bridgehead atoms. The van der Waals surface area contributed by atoms with Crippen LogP contribution in [0, 0.1) is 6.92 Å². The first-order valence-corrected chi connectivity index (χ1v) is 15.2. The Labute approximate surface area is 241 Å². The van der Waals surface area contributed by atoms with Gasteiger partial charge in [0.1, 0.15) is 6.04 Å². The second-order valence-electron chi connectivity index (χ2n) is 9.71. The molecular weight excluding hydrogens is 530 g/mol. The number of hydrogen-bond donors (Lipinski definition) is 2. The Morgan fingerprint density at radius 2 is 1.77 bits per heavy atom. The quantitative estimate of drug-likeness (QED) is 0.198. The second kappa shape index (κ2) is 15.7. The molecule has 0 aliphatic rings. The molecule has 3 aromatic rings. The summed E-state index contributed by atoms with van der Waals surface area (Å²) >= 11 is 7.97. The normalized spacial score (nSPS) is 12.6. The summed E-state index contributed by atoms with van der Waals surface area (Å²) in [6, 6.07) is 20.5. The molecule has 0 radical (unpaired) electrons. The molecule has 0 spiro atoms. The summed E-state index contributed by atoms with van der Waals surface area (Å²) in [7, 11) is 0. The van der Waals surface area contributed by atoms with Crippen LogP contribution in [0.5, 0.6) is 0 Å². The van der Waals surface area contributed by atoms with E-state index in [-0.39, 0.29) is 6.10 Å². The Bertz CT molecular complexity index is 1250. The van der Waals surface area contributed by atoms with E-state index in [0.717, 1.165) is 58.5 Å². The maximum atomic E-state index is 13.3. The maximum absolute atomic E-state index is 13.3. The van der Waals surface area contributed by atoms with Crippen LogP contribution in [0.15, 0.2) is 66.7 Å². The van der Waals surface area contributed by atoms with Crippen LogP contribution in [-0.2, 0) is 22.6 Å². The molecule has 3 rings (SSSR count). The monoisotopic (exact) mass is 567 g/mol. The Balaban J connectivity index is 1.87. The van der Waals surface area contributed by atoms with Gasteiger partial charge in [-0.2, -0.15) is 11.8 Å². The van der Waals surface area contributed by atoms with Crippen molar-refractivity contribution in [2.75, 3.05) is 12.0 Å². The van der Waals surface area contributed by atoms with Crippen molar-refractivity contribution in [3.63, 3.8) is 0 Å². The summed E-state index contributed by atoms with van der Waals surface area (Å²) in [6.07, 6.45) is 6.10. The molecule has 2 N–H and O–H groups in total. The Morgan fingerprint density at radius 3 is 2.46 bits per heavy atom. The average Bonchev–Trinajstić information content (AvgIpc) is 2.93. The van der Waals surface area contributed by atoms with Gasteiger partial charge in [-0.3, -0.25) is 4.79 Å². The van der Waals surface area contributed by atoms with Crippen LogP contribution in [0.4, 0.5) is 0 Å². The topological polar surface area (TPSA) is 75.6 Å². The van der Waals surface area contributed by atoms with Crippen molar-refractivity contribution >= 4 is 35.2 Å². The SMILES string of the molecule is CCCCC(Cc1ccccc1Cl)OCc1ccc(C(=O)N[C@@H](CCSC)C(=O)O)c(-c2ccccc2C)c1. The van der Waals surface area contributed by atoms with Crippen LogP contribution in [0.25, 0.3) is 11.1 Å². The first-order valence-electron chi connectivity index (χ1n) is 13.4. The predicted octanol–water partition coefficient (Wildman–Crippen LogP) is 7.57. The first kappa shape index (κ1) is 30.7. The van der Waals surface area contributed by atoms with E-state index in [0.29, 0.717) is 24.3 Å². The van der Waals surface area contributed by atoms with Gasteiger partial charge < -0.3 is 15.2 Å². The highest BCUT2D eigenvalue weighted by Gasteiger charge is 2.23. The summed E-state index contributed by atoms with van der Waals surface area (Å²) in [6.45, 7) is 4.56. The third-order valence-electron chi connectivity index (χ3n) is 6.75. The lowest BCUT2D eigenvalue weighted by atomic mass is 9.93. The number of aryl methyl sites for hydroxylation is 1. The van der Waals surface area contributed by atoms with Crippen molar-refractivity contribution in [1.82, 2.24) is 5.32 Å².